The molecular formula is C11H9F5N2. The van der Waals surface area contributed by atoms with Crippen LogP contribution in [0, 0.1) is 34.5 Å². The van der Waals surface area contributed by atoms with Gasteiger partial charge in [0.15, 0.2) is 23.3 Å². The van der Waals surface area contributed by atoms with Crippen molar-refractivity contribution in [3.8, 4) is 0 Å². The standard InChI is InChI=1S/C11H9F5N2/c12-6-7(13)9(15)11(10(16)8(6)14)18-4-2-1-3-5(18)17/h17H,1-4H2. The first-order valence-electron chi connectivity index (χ1n) is 5.31. The highest BCUT2D eigenvalue weighted by molar-refractivity contribution is 5.96. The molecule has 7 heteroatoms. The van der Waals surface area contributed by atoms with E-state index in [1.165, 1.54) is 0 Å². The number of nitrogens with zero attached hydrogens (tertiary/aromatic N) is 1. The predicted octanol–water partition coefficient (Wildman–Crippen LogP) is 3.35. The van der Waals surface area contributed by atoms with Crippen LogP contribution in [0.4, 0.5) is 27.6 Å². The van der Waals surface area contributed by atoms with Crippen LogP contribution in [0.15, 0.2) is 0 Å². The quantitative estimate of drug-likeness (QED) is 0.470. The molecule has 0 spiro atoms. The fourth-order valence-electron chi connectivity index (χ4n) is 1.91. The lowest BCUT2D eigenvalue weighted by atomic mass is 10.1. The van der Waals surface area contributed by atoms with Crippen LogP contribution in [0.1, 0.15) is 19.3 Å². The van der Waals surface area contributed by atoms with Gasteiger partial charge in [0.25, 0.3) is 0 Å². The van der Waals surface area contributed by atoms with Gasteiger partial charge >= 0.3 is 0 Å². The van der Waals surface area contributed by atoms with Crippen LogP contribution in [0.2, 0.25) is 0 Å². The van der Waals surface area contributed by atoms with Gasteiger partial charge in [-0.15, -0.1) is 0 Å². The molecule has 1 aliphatic heterocycles. The molecule has 0 amide bonds. The summed E-state index contributed by atoms with van der Waals surface area (Å²) in [5.74, 6) is -10.1. The second-order valence-electron chi connectivity index (χ2n) is 3.97. The number of anilines is 1. The van der Waals surface area contributed by atoms with Crippen LogP contribution < -0.4 is 4.90 Å². The number of amidine groups is 1. The third-order valence-electron chi connectivity index (χ3n) is 2.83. The van der Waals surface area contributed by atoms with E-state index in [9.17, 15) is 22.0 Å². The number of hydrogen-bond donors (Lipinski definition) is 1. The molecule has 18 heavy (non-hydrogen) atoms. The Morgan fingerprint density at radius 3 is 1.78 bits per heavy atom. The number of rotatable bonds is 1. The lowest BCUT2D eigenvalue weighted by Gasteiger charge is -2.30. The van der Waals surface area contributed by atoms with Crippen molar-refractivity contribution in [3.05, 3.63) is 29.1 Å². The minimum atomic E-state index is -2.18. The SMILES string of the molecule is N=C1CCCCN1c1c(F)c(F)c(F)c(F)c1F. The van der Waals surface area contributed by atoms with E-state index in [0.717, 1.165) is 4.90 Å². The van der Waals surface area contributed by atoms with Crippen LogP contribution >= 0.6 is 0 Å². The number of halogens is 5. The molecule has 1 aliphatic rings. The lowest BCUT2D eigenvalue weighted by molar-refractivity contribution is 0.379. The van der Waals surface area contributed by atoms with Crippen LogP contribution in [-0.4, -0.2) is 12.4 Å². The number of nitrogens with one attached hydrogen (secondary N) is 1. The Morgan fingerprint density at radius 1 is 0.778 bits per heavy atom. The van der Waals surface area contributed by atoms with Gasteiger partial charge in [0, 0.05) is 13.0 Å². The van der Waals surface area contributed by atoms with Gasteiger partial charge in [-0.05, 0) is 12.8 Å². The molecule has 2 nitrogen and oxygen atoms in total. The average Bonchev–Trinajstić information content (AvgIpc) is 2.36. The van der Waals surface area contributed by atoms with E-state index in [1.807, 2.05) is 0 Å². The molecule has 1 aromatic carbocycles. The Hall–Kier alpha value is -1.66. The Bertz CT molecular complexity index is 486. The molecule has 98 valence electrons. The smallest absolute Gasteiger partial charge is 0.200 e. The van der Waals surface area contributed by atoms with Gasteiger partial charge in [-0.25, -0.2) is 22.0 Å². The van der Waals surface area contributed by atoms with E-state index in [-0.39, 0.29) is 18.8 Å². The zero-order valence-electron chi connectivity index (χ0n) is 9.17. The van der Waals surface area contributed by atoms with Gasteiger partial charge in [0.2, 0.25) is 5.82 Å². The van der Waals surface area contributed by atoms with Gasteiger partial charge in [0.1, 0.15) is 11.5 Å². The summed E-state index contributed by atoms with van der Waals surface area (Å²) in [6.07, 6.45) is 1.44. The third-order valence-corrected chi connectivity index (χ3v) is 2.83. The summed E-state index contributed by atoms with van der Waals surface area (Å²) in [4.78, 5) is 0.833. The maximum absolute atomic E-state index is 13.5. The van der Waals surface area contributed by atoms with Crippen molar-refractivity contribution in [1.29, 1.82) is 5.41 Å². The molecule has 2 rings (SSSR count). The molecule has 0 aromatic heterocycles. The molecule has 1 saturated heterocycles. The first kappa shape index (κ1) is 12.8. The first-order valence-corrected chi connectivity index (χ1v) is 5.31. The highest BCUT2D eigenvalue weighted by Crippen LogP contribution is 2.32. The zero-order chi connectivity index (χ0) is 13.4. The van der Waals surface area contributed by atoms with Crippen LogP contribution in [-0.2, 0) is 0 Å². The van der Waals surface area contributed by atoms with E-state index in [2.05, 4.69) is 0 Å². The molecule has 0 radical (unpaired) electrons. The van der Waals surface area contributed by atoms with Gasteiger partial charge in [-0.1, -0.05) is 0 Å². The normalized spacial score (nSPS) is 16.3. The van der Waals surface area contributed by atoms with Crippen molar-refractivity contribution < 1.29 is 22.0 Å². The fourth-order valence-corrected chi connectivity index (χ4v) is 1.91. The zero-order valence-corrected chi connectivity index (χ0v) is 9.17. The van der Waals surface area contributed by atoms with Crippen molar-refractivity contribution in [1.82, 2.24) is 0 Å². The molecule has 1 N–H and O–H groups in total. The Morgan fingerprint density at radius 2 is 1.28 bits per heavy atom. The maximum atomic E-state index is 13.5. The fraction of sp³-hybridized carbons (Fsp3) is 0.364. The van der Waals surface area contributed by atoms with Crippen molar-refractivity contribution in [3.63, 3.8) is 0 Å². The molecular weight excluding hydrogens is 255 g/mol. The van der Waals surface area contributed by atoms with Crippen LogP contribution in [0.5, 0.6) is 0 Å². The van der Waals surface area contributed by atoms with E-state index in [0.29, 0.717) is 12.8 Å². The summed E-state index contributed by atoms with van der Waals surface area (Å²) in [5, 5.41) is 7.53. The Labute approximate surface area is 99.5 Å². The second-order valence-corrected chi connectivity index (χ2v) is 3.97. The number of hydrogen-bond acceptors (Lipinski definition) is 1. The van der Waals surface area contributed by atoms with Gasteiger partial charge in [0.05, 0.1) is 0 Å². The summed E-state index contributed by atoms with van der Waals surface area (Å²) in [7, 11) is 0. The highest BCUT2D eigenvalue weighted by Gasteiger charge is 2.31. The summed E-state index contributed by atoms with van der Waals surface area (Å²) in [6, 6.07) is 0. The predicted molar refractivity (Wildman–Crippen MR) is 55.2 cm³/mol. The topological polar surface area (TPSA) is 27.1 Å². The number of benzene rings is 1. The molecule has 1 fully saturated rings. The van der Waals surface area contributed by atoms with E-state index in [4.69, 9.17) is 5.41 Å². The monoisotopic (exact) mass is 264 g/mol. The van der Waals surface area contributed by atoms with Crippen LogP contribution in [0.25, 0.3) is 0 Å². The minimum absolute atomic E-state index is 0.0667. The van der Waals surface area contributed by atoms with Gasteiger partial charge in [-0.2, -0.15) is 0 Å². The maximum Gasteiger partial charge on any atom is 0.200 e. The van der Waals surface area contributed by atoms with E-state index >= 15 is 0 Å². The highest BCUT2D eigenvalue weighted by atomic mass is 19.2. The Kier molecular flexibility index (Phi) is 3.23. The average molecular weight is 264 g/mol. The van der Waals surface area contributed by atoms with Gasteiger partial charge < -0.3 is 4.90 Å². The van der Waals surface area contributed by atoms with E-state index < -0.39 is 34.8 Å². The molecule has 0 atom stereocenters. The summed E-state index contributed by atoms with van der Waals surface area (Å²) in [6.45, 7) is 0.0667. The van der Waals surface area contributed by atoms with Crippen molar-refractivity contribution in [2.45, 2.75) is 19.3 Å². The summed E-state index contributed by atoms with van der Waals surface area (Å²) in [5.41, 5.74) is -1.03. The molecule has 1 heterocycles. The number of piperidine rings is 1. The Balaban J connectivity index is 2.60. The summed E-state index contributed by atoms with van der Waals surface area (Å²) >= 11 is 0. The third kappa shape index (κ3) is 1.83. The van der Waals surface area contributed by atoms with E-state index in [1.54, 1.807) is 0 Å². The molecule has 0 unspecified atom stereocenters. The molecule has 0 saturated carbocycles. The largest absolute Gasteiger partial charge is 0.325 e. The van der Waals surface area contributed by atoms with Gasteiger partial charge in [-0.3, -0.25) is 5.41 Å². The summed E-state index contributed by atoms with van der Waals surface area (Å²) < 4.78 is 65.9. The first-order chi connectivity index (χ1) is 8.45. The molecule has 0 bridgehead atoms. The van der Waals surface area contributed by atoms with Crippen molar-refractivity contribution >= 4 is 11.5 Å². The van der Waals surface area contributed by atoms with Crippen LogP contribution in [0.3, 0.4) is 0 Å². The van der Waals surface area contributed by atoms with Crippen molar-refractivity contribution in [2.75, 3.05) is 11.4 Å². The molecule has 1 aromatic rings. The minimum Gasteiger partial charge on any atom is -0.325 e. The second kappa shape index (κ2) is 4.55. The van der Waals surface area contributed by atoms with Crippen molar-refractivity contribution in [2.24, 2.45) is 0 Å². The molecule has 0 aliphatic carbocycles. The lowest BCUT2D eigenvalue weighted by Crippen LogP contribution is -2.36.